The first-order valence-corrected chi connectivity index (χ1v) is 7.98. The number of hydrogen-bond acceptors (Lipinski definition) is 3. The van der Waals surface area contributed by atoms with E-state index in [2.05, 4.69) is 16.8 Å². The zero-order valence-corrected chi connectivity index (χ0v) is 13.2. The van der Waals surface area contributed by atoms with Crippen molar-refractivity contribution in [3.63, 3.8) is 0 Å². The van der Waals surface area contributed by atoms with Crippen LogP contribution < -0.4 is 5.73 Å². The van der Waals surface area contributed by atoms with E-state index < -0.39 is 0 Å². The van der Waals surface area contributed by atoms with Crippen molar-refractivity contribution >= 4 is 17.2 Å². The Bertz CT molecular complexity index is 548. The SMILES string of the molecule is CN1C2CCC1CN(Cc1cccc(C(N)=S)c1F)CC2. The Hall–Kier alpha value is -1.04. The molecule has 114 valence electrons. The van der Waals surface area contributed by atoms with Crippen LogP contribution in [0.2, 0.25) is 0 Å². The minimum absolute atomic E-state index is 0.129. The van der Waals surface area contributed by atoms with Crippen molar-refractivity contribution in [2.75, 3.05) is 20.1 Å². The fourth-order valence-electron chi connectivity index (χ4n) is 3.66. The van der Waals surface area contributed by atoms with Crippen molar-refractivity contribution in [2.24, 2.45) is 5.73 Å². The fraction of sp³-hybridized carbons (Fsp3) is 0.562. The van der Waals surface area contributed by atoms with E-state index in [0.29, 0.717) is 29.8 Å². The van der Waals surface area contributed by atoms with E-state index in [1.54, 1.807) is 6.07 Å². The summed E-state index contributed by atoms with van der Waals surface area (Å²) in [6.07, 6.45) is 3.73. The average Bonchev–Trinajstić information content (AvgIpc) is 2.68. The molecule has 0 aromatic heterocycles. The number of hydrogen-bond donors (Lipinski definition) is 1. The van der Waals surface area contributed by atoms with Crippen LogP contribution in [0.15, 0.2) is 18.2 Å². The minimum atomic E-state index is -0.257. The van der Waals surface area contributed by atoms with Gasteiger partial charge in [-0.2, -0.15) is 0 Å². The van der Waals surface area contributed by atoms with Crippen LogP contribution in [0.3, 0.4) is 0 Å². The fourth-order valence-corrected chi connectivity index (χ4v) is 3.81. The van der Waals surface area contributed by atoms with Gasteiger partial charge in [-0.15, -0.1) is 0 Å². The van der Waals surface area contributed by atoms with Crippen molar-refractivity contribution in [3.05, 3.63) is 35.1 Å². The van der Waals surface area contributed by atoms with Gasteiger partial charge in [0.1, 0.15) is 10.8 Å². The van der Waals surface area contributed by atoms with Gasteiger partial charge in [0.05, 0.1) is 0 Å². The van der Waals surface area contributed by atoms with Crippen molar-refractivity contribution in [1.82, 2.24) is 9.80 Å². The van der Waals surface area contributed by atoms with E-state index >= 15 is 0 Å². The molecule has 0 saturated carbocycles. The predicted molar refractivity (Wildman–Crippen MR) is 86.8 cm³/mol. The number of likely N-dealkylation sites (tertiary alicyclic amines) is 1. The topological polar surface area (TPSA) is 32.5 Å². The molecule has 1 aromatic carbocycles. The van der Waals surface area contributed by atoms with E-state index in [1.165, 1.54) is 19.3 Å². The molecule has 2 atom stereocenters. The third-order valence-corrected chi connectivity index (χ3v) is 5.19. The van der Waals surface area contributed by atoms with Gasteiger partial charge in [0.15, 0.2) is 0 Å². The van der Waals surface area contributed by atoms with Crippen LogP contribution in [0.25, 0.3) is 0 Å². The van der Waals surface area contributed by atoms with Gasteiger partial charge < -0.3 is 5.73 Å². The van der Waals surface area contributed by atoms with E-state index in [4.69, 9.17) is 18.0 Å². The zero-order valence-electron chi connectivity index (χ0n) is 12.4. The molecule has 2 N–H and O–H groups in total. The van der Waals surface area contributed by atoms with Crippen molar-refractivity contribution in [3.8, 4) is 0 Å². The summed E-state index contributed by atoms with van der Waals surface area (Å²) >= 11 is 4.91. The van der Waals surface area contributed by atoms with Crippen LogP contribution in [0.4, 0.5) is 4.39 Å². The Morgan fingerprint density at radius 3 is 2.86 bits per heavy atom. The van der Waals surface area contributed by atoms with Crippen LogP contribution in [-0.2, 0) is 6.54 Å². The van der Waals surface area contributed by atoms with E-state index in [0.717, 1.165) is 13.1 Å². The number of halogens is 1. The molecule has 5 heteroatoms. The molecule has 2 unspecified atom stereocenters. The number of nitrogens with two attached hydrogens (primary N) is 1. The Balaban J connectivity index is 1.75. The van der Waals surface area contributed by atoms with Crippen molar-refractivity contribution in [1.29, 1.82) is 0 Å². The second-order valence-electron chi connectivity index (χ2n) is 6.22. The molecule has 1 aromatic rings. The van der Waals surface area contributed by atoms with Gasteiger partial charge in [-0.25, -0.2) is 4.39 Å². The lowest BCUT2D eigenvalue weighted by atomic mass is 10.1. The van der Waals surface area contributed by atoms with Crippen molar-refractivity contribution in [2.45, 2.75) is 37.9 Å². The molecule has 2 aliphatic rings. The quantitative estimate of drug-likeness (QED) is 0.867. The normalized spacial score (nSPS) is 26.8. The number of thiocarbonyl (C=S) groups is 1. The zero-order chi connectivity index (χ0) is 15.0. The molecule has 2 saturated heterocycles. The first-order chi connectivity index (χ1) is 10.1. The van der Waals surface area contributed by atoms with E-state index in [-0.39, 0.29) is 10.8 Å². The van der Waals surface area contributed by atoms with Gasteiger partial charge in [-0.3, -0.25) is 9.80 Å². The molecule has 0 radical (unpaired) electrons. The third-order valence-electron chi connectivity index (χ3n) is 4.97. The van der Waals surface area contributed by atoms with Gasteiger partial charge in [0, 0.05) is 42.8 Å². The first kappa shape index (κ1) is 14.9. The molecule has 2 bridgehead atoms. The number of fused-ring (bicyclic) bond motifs is 2. The van der Waals surface area contributed by atoms with E-state index in [1.807, 2.05) is 12.1 Å². The Kier molecular flexibility index (Phi) is 4.24. The molecule has 2 heterocycles. The summed E-state index contributed by atoms with van der Waals surface area (Å²) in [5.74, 6) is -0.257. The number of rotatable bonds is 3. The lowest BCUT2D eigenvalue weighted by Crippen LogP contribution is -2.36. The summed E-state index contributed by atoms with van der Waals surface area (Å²) in [6.45, 7) is 2.69. The lowest BCUT2D eigenvalue weighted by Gasteiger charge is -2.26. The highest BCUT2D eigenvalue weighted by Gasteiger charge is 2.34. The van der Waals surface area contributed by atoms with E-state index in [9.17, 15) is 4.39 Å². The maximum Gasteiger partial charge on any atom is 0.137 e. The third kappa shape index (κ3) is 2.96. The minimum Gasteiger partial charge on any atom is -0.389 e. The molecule has 0 spiro atoms. The number of nitrogens with zero attached hydrogens (tertiary/aromatic N) is 2. The smallest absolute Gasteiger partial charge is 0.137 e. The van der Waals surface area contributed by atoms with Crippen LogP contribution >= 0.6 is 12.2 Å². The van der Waals surface area contributed by atoms with Gasteiger partial charge in [-0.05, 0) is 32.4 Å². The van der Waals surface area contributed by atoms with Crippen LogP contribution in [0, 0.1) is 5.82 Å². The summed E-state index contributed by atoms with van der Waals surface area (Å²) < 4.78 is 14.4. The Morgan fingerprint density at radius 2 is 2.10 bits per heavy atom. The molecule has 3 nitrogen and oxygen atoms in total. The van der Waals surface area contributed by atoms with Gasteiger partial charge in [0.2, 0.25) is 0 Å². The summed E-state index contributed by atoms with van der Waals surface area (Å²) in [7, 11) is 2.22. The first-order valence-electron chi connectivity index (χ1n) is 7.57. The second-order valence-corrected chi connectivity index (χ2v) is 6.66. The van der Waals surface area contributed by atoms with Gasteiger partial charge >= 0.3 is 0 Å². The molecule has 0 aliphatic carbocycles. The van der Waals surface area contributed by atoms with Gasteiger partial charge in [-0.1, -0.05) is 24.4 Å². The largest absolute Gasteiger partial charge is 0.389 e. The highest BCUT2D eigenvalue weighted by atomic mass is 32.1. The number of likely N-dealkylation sites (N-methyl/N-ethyl adjacent to an activating group) is 1. The van der Waals surface area contributed by atoms with Gasteiger partial charge in [0.25, 0.3) is 0 Å². The lowest BCUT2D eigenvalue weighted by molar-refractivity contribution is 0.213. The number of benzene rings is 1. The molecule has 2 aliphatic heterocycles. The Morgan fingerprint density at radius 1 is 1.33 bits per heavy atom. The summed E-state index contributed by atoms with van der Waals surface area (Å²) in [6, 6.07) is 6.64. The molecular weight excluding hydrogens is 285 g/mol. The molecule has 0 amide bonds. The van der Waals surface area contributed by atoms with Crippen LogP contribution in [0.5, 0.6) is 0 Å². The summed E-state index contributed by atoms with van der Waals surface area (Å²) in [5.41, 5.74) is 6.63. The molecule has 2 fully saturated rings. The summed E-state index contributed by atoms with van der Waals surface area (Å²) in [5, 5.41) is 0. The highest BCUT2D eigenvalue weighted by Crippen LogP contribution is 2.29. The molecular formula is C16H22FN3S. The maximum atomic E-state index is 14.4. The molecule has 21 heavy (non-hydrogen) atoms. The van der Waals surface area contributed by atoms with Crippen LogP contribution in [-0.4, -0.2) is 47.0 Å². The predicted octanol–water partition coefficient (Wildman–Crippen LogP) is 2.13. The average molecular weight is 307 g/mol. The monoisotopic (exact) mass is 307 g/mol. The molecule has 3 rings (SSSR count). The standard InChI is InChI=1S/C16H22FN3S/c1-19-12-5-6-13(19)10-20(8-7-12)9-11-3-2-4-14(15(11)17)16(18)21/h2-4,12-13H,5-10H2,1H3,(H2,18,21). The highest BCUT2D eigenvalue weighted by molar-refractivity contribution is 7.80. The van der Waals surface area contributed by atoms with Crippen LogP contribution in [0.1, 0.15) is 30.4 Å². The second kappa shape index (κ2) is 5.99. The summed E-state index contributed by atoms with van der Waals surface area (Å²) in [4.78, 5) is 4.99. The Labute approximate surface area is 130 Å². The van der Waals surface area contributed by atoms with Crippen molar-refractivity contribution < 1.29 is 4.39 Å². The maximum absolute atomic E-state index is 14.4.